The summed E-state index contributed by atoms with van der Waals surface area (Å²) in [4.78, 5) is 0. The summed E-state index contributed by atoms with van der Waals surface area (Å²) in [5.41, 5.74) is 0.811. The number of hydrogen-bond acceptors (Lipinski definition) is 4. The van der Waals surface area contributed by atoms with Crippen molar-refractivity contribution in [3.8, 4) is 5.75 Å². The van der Waals surface area contributed by atoms with Crippen molar-refractivity contribution in [2.24, 2.45) is 0 Å². The van der Waals surface area contributed by atoms with Crippen LogP contribution in [-0.4, -0.2) is 61.8 Å². The first-order valence-corrected chi connectivity index (χ1v) is 6.00. The first kappa shape index (κ1) is 14.8. The lowest BCUT2D eigenvalue weighted by Crippen LogP contribution is -2.38. The molecule has 0 saturated carbocycles. The molecule has 3 N–H and O–H groups in total. The minimum atomic E-state index is -1.35. The number of ether oxygens (including phenoxy) is 1. The van der Waals surface area contributed by atoms with Gasteiger partial charge in [0.25, 0.3) is 0 Å². The Morgan fingerprint density at radius 1 is 1.28 bits per heavy atom. The zero-order valence-corrected chi connectivity index (χ0v) is 11.3. The highest BCUT2D eigenvalue weighted by atomic mass is 16.5. The van der Waals surface area contributed by atoms with Crippen LogP contribution >= 0.6 is 0 Å². The average Bonchev–Trinajstić information content (AvgIpc) is 2.25. The number of anilines is 1. The fourth-order valence-corrected chi connectivity index (χ4v) is 1.34. The first-order valence-electron chi connectivity index (χ1n) is 6.00. The largest absolute Gasteiger partial charge is 0.488 e. The molecule has 0 saturated heterocycles. The molecule has 0 radical (unpaired) electrons. The highest BCUT2D eigenvalue weighted by molar-refractivity contribution is 5.48. The number of quaternary nitrogens is 1. The summed E-state index contributed by atoms with van der Waals surface area (Å²) in [5.74, 6) is 0.779. The van der Waals surface area contributed by atoms with Crippen LogP contribution in [0.25, 0.3) is 0 Å². The van der Waals surface area contributed by atoms with E-state index in [9.17, 15) is 0 Å². The predicted octanol–water partition coefficient (Wildman–Crippen LogP) is 0.494. The summed E-state index contributed by atoms with van der Waals surface area (Å²) in [7, 11) is 6.35. The molecule has 0 aromatic heterocycles. The Hall–Kier alpha value is -1.30. The summed E-state index contributed by atoms with van der Waals surface area (Å²) < 4.78 is 6.50. The lowest BCUT2D eigenvalue weighted by molar-refractivity contribution is -0.870. The van der Waals surface area contributed by atoms with Crippen molar-refractivity contribution in [2.45, 2.75) is 6.29 Å². The highest BCUT2D eigenvalue weighted by Crippen LogP contribution is 2.17. The monoisotopic (exact) mass is 255 g/mol. The van der Waals surface area contributed by atoms with Crippen LogP contribution in [-0.2, 0) is 0 Å². The number of aliphatic hydroxyl groups excluding tert-OH is 1. The van der Waals surface area contributed by atoms with Crippen molar-refractivity contribution in [3.63, 3.8) is 0 Å². The van der Waals surface area contributed by atoms with Gasteiger partial charge in [-0.3, -0.25) is 0 Å². The molecule has 18 heavy (non-hydrogen) atoms. The number of nitrogens with one attached hydrogen (secondary N) is 1. The summed E-state index contributed by atoms with van der Waals surface area (Å²) in [6.45, 7) is 1.67. The number of benzene rings is 1. The molecule has 0 atom stereocenters. The van der Waals surface area contributed by atoms with E-state index in [1.54, 1.807) is 0 Å². The highest BCUT2D eigenvalue weighted by Gasteiger charge is 2.06. The minimum Gasteiger partial charge on any atom is -0.488 e. The van der Waals surface area contributed by atoms with Crippen LogP contribution < -0.4 is 10.1 Å². The predicted molar refractivity (Wildman–Crippen MR) is 71.6 cm³/mol. The molecule has 102 valence electrons. The molecule has 1 rings (SSSR count). The second-order valence-electron chi connectivity index (χ2n) is 5.25. The van der Waals surface area contributed by atoms with Gasteiger partial charge in [-0.1, -0.05) is 6.07 Å². The molecule has 0 fully saturated rings. The van der Waals surface area contributed by atoms with E-state index in [1.807, 2.05) is 24.3 Å². The number of nitrogens with zero attached hydrogens (tertiary/aromatic N) is 1. The van der Waals surface area contributed by atoms with Gasteiger partial charge in [0.15, 0.2) is 6.29 Å². The molecule has 0 spiro atoms. The Morgan fingerprint density at radius 2 is 2.00 bits per heavy atom. The molecule has 0 amide bonds. The van der Waals surface area contributed by atoms with Crippen LogP contribution in [0, 0.1) is 0 Å². The zero-order chi connectivity index (χ0) is 13.6. The van der Waals surface area contributed by atoms with E-state index in [4.69, 9.17) is 14.9 Å². The number of aliphatic hydroxyl groups is 2. The van der Waals surface area contributed by atoms with Gasteiger partial charge in [0.05, 0.1) is 27.7 Å². The van der Waals surface area contributed by atoms with Crippen LogP contribution in [0.2, 0.25) is 0 Å². The Labute approximate surface area is 108 Å². The molecule has 0 heterocycles. The summed E-state index contributed by atoms with van der Waals surface area (Å²) in [6, 6.07) is 7.46. The van der Waals surface area contributed by atoms with Crippen molar-refractivity contribution in [1.82, 2.24) is 0 Å². The summed E-state index contributed by atoms with van der Waals surface area (Å²) >= 11 is 0. The molecule has 1 aromatic carbocycles. The van der Waals surface area contributed by atoms with Gasteiger partial charge in [-0.15, -0.1) is 0 Å². The molecular formula is C13H23N2O3+. The van der Waals surface area contributed by atoms with E-state index in [0.29, 0.717) is 6.61 Å². The Bertz CT molecular complexity index is 361. The summed E-state index contributed by atoms with van der Waals surface area (Å²) in [6.07, 6.45) is -1.35. The van der Waals surface area contributed by atoms with Crippen molar-refractivity contribution in [2.75, 3.05) is 46.2 Å². The summed E-state index contributed by atoms with van der Waals surface area (Å²) in [5, 5.41) is 20.5. The van der Waals surface area contributed by atoms with E-state index in [-0.39, 0.29) is 6.54 Å². The van der Waals surface area contributed by atoms with Crippen molar-refractivity contribution >= 4 is 5.69 Å². The molecule has 0 aliphatic rings. The van der Waals surface area contributed by atoms with Crippen LogP contribution in [0.4, 0.5) is 5.69 Å². The van der Waals surface area contributed by atoms with E-state index >= 15 is 0 Å². The standard InChI is InChI=1S/C13H23N2O3/c1-15(2,3)7-8-18-12-6-4-5-11(9-12)14-10-13(16)17/h4-6,9,13-14,16-17H,7-8,10H2,1-3H3/q+1. The molecule has 1 aromatic rings. The van der Waals surface area contributed by atoms with Crippen LogP contribution in [0.5, 0.6) is 5.75 Å². The lowest BCUT2D eigenvalue weighted by atomic mass is 10.3. The zero-order valence-electron chi connectivity index (χ0n) is 11.3. The molecular weight excluding hydrogens is 232 g/mol. The number of hydrogen-bond donors (Lipinski definition) is 3. The number of likely N-dealkylation sites (N-methyl/N-ethyl adjacent to an activating group) is 1. The second kappa shape index (κ2) is 6.58. The minimum absolute atomic E-state index is 0.0995. The molecule has 0 aliphatic carbocycles. The fourth-order valence-electron chi connectivity index (χ4n) is 1.34. The van der Waals surface area contributed by atoms with Gasteiger partial charge in [0.1, 0.15) is 18.9 Å². The fraction of sp³-hybridized carbons (Fsp3) is 0.538. The molecule has 0 bridgehead atoms. The Kier molecular flexibility index (Phi) is 5.40. The number of rotatable bonds is 7. The van der Waals surface area contributed by atoms with Gasteiger partial charge in [0.2, 0.25) is 0 Å². The third-order valence-electron chi connectivity index (χ3n) is 2.35. The maximum Gasteiger partial charge on any atom is 0.169 e. The van der Waals surface area contributed by atoms with E-state index in [2.05, 4.69) is 26.5 Å². The molecule has 5 nitrogen and oxygen atoms in total. The van der Waals surface area contributed by atoms with Gasteiger partial charge in [0, 0.05) is 11.8 Å². The van der Waals surface area contributed by atoms with Gasteiger partial charge < -0.3 is 24.7 Å². The maximum atomic E-state index is 8.77. The van der Waals surface area contributed by atoms with Crippen molar-refractivity contribution in [3.05, 3.63) is 24.3 Å². The van der Waals surface area contributed by atoms with Gasteiger partial charge >= 0.3 is 0 Å². The van der Waals surface area contributed by atoms with Gasteiger partial charge in [-0.05, 0) is 12.1 Å². The molecule has 5 heteroatoms. The van der Waals surface area contributed by atoms with Crippen LogP contribution in [0.3, 0.4) is 0 Å². The third kappa shape index (κ3) is 6.44. The molecule has 0 unspecified atom stereocenters. The van der Waals surface area contributed by atoms with Crippen LogP contribution in [0.15, 0.2) is 24.3 Å². The van der Waals surface area contributed by atoms with Crippen molar-refractivity contribution in [1.29, 1.82) is 0 Å². The van der Waals surface area contributed by atoms with E-state index < -0.39 is 6.29 Å². The smallest absolute Gasteiger partial charge is 0.169 e. The maximum absolute atomic E-state index is 8.77. The molecule has 0 aliphatic heterocycles. The van der Waals surface area contributed by atoms with Crippen LogP contribution in [0.1, 0.15) is 0 Å². The first-order chi connectivity index (χ1) is 8.37. The van der Waals surface area contributed by atoms with E-state index in [1.165, 1.54) is 0 Å². The topological polar surface area (TPSA) is 61.7 Å². The average molecular weight is 255 g/mol. The van der Waals surface area contributed by atoms with Gasteiger partial charge in [-0.2, -0.15) is 0 Å². The lowest BCUT2D eigenvalue weighted by Gasteiger charge is -2.23. The van der Waals surface area contributed by atoms with Crippen molar-refractivity contribution < 1.29 is 19.4 Å². The van der Waals surface area contributed by atoms with Gasteiger partial charge in [-0.25, -0.2) is 0 Å². The third-order valence-corrected chi connectivity index (χ3v) is 2.35. The van der Waals surface area contributed by atoms with E-state index in [0.717, 1.165) is 22.5 Å². The Morgan fingerprint density at radius 3 is 2.61 bits per heavy atom. The Balaban J connectivity index is 2.44. The second-order valence-corrected chi connectivity index (χ2v) is 5.25. The normalized spacial score (nSPS) is 11.7. The quantitative estimate of drug-likeness (QED) is 0.490. The SMILES string of the molecule is C[N+](C)(C)CCOc1cccc(NCC(O)O)c1.